The number of carbonyl (C=O) groups is 4. The standard InChI is InChI=1S/C22H34N4O6/c1-12(2)24-19(29)18(14-8-9-16(27)13(3)10-14)26(7)20(30)15(11-17(23)28)25-21(31)32-22(4,5)6/h8-10,12,15,18,27H,11H2,1-7H3,(H2,23,28)(H,24,29)(H,25,31). The number of aromatic hydroxyl groups is 1. The predicted octanol–water partition coefficient (Wildman–Crippen LogP) is 1.49. The number of hydrogen-bond donors (Lipinski definition) is 4. The van der Waals surface area contributed by atoms with E-state index in [4.69, 9.17) is 10.5 Å². The zero-order valence-corrected chi connectivity index (χ0v) is 19.7. The molecule has 0 bridgehead atoms. The largest absolute Gasteiger partial charge is 0.508 e. The molecule has 32 heavy (non-hydrogen) atoms. The van der Waals surface area contributed by atoms with E-state index in [2.05, 4.69) is 10.6 Å². The van der Waals surface area contributed by atoms with Gasteiger partial charge in [-0.2, -0.15) is 0 Å². The number of nitrogens with one attached hydrogen (secondary N) is 2. The Kier molecular flexibility index (Phi) is 9.05. The van der Waals surface area contributed by atoms with Crippen LogP contribution < -0.4 is 16.4 Å². The average Bonchev–Trinajstić information content (AvgIpc) is 2.61. The van der Waals surface area contributed by atoms with Crippen LogP contribution in [0.3, 0.4) is 0 Å². The number of ether oxygens (including phenoxy) is 1. The number of aryl methyl sites for hydroxylation is 1. The summed E-state index contributed by atoms with van der Waals surface area (Å²) >= 11 is 0. The van der Waals surface area contributed by atoms with Gasteiger partial charge < -0.3 is 31.1 Å². The molecule has 1 aromatic carbocycles. The number of rotatable bonds is 8. The van der Waals surface area contributed by atoms with Crippen molar-refractivity contribution in [2.24, 2.45) is 5.73 Å². The molecule has 10 nitrogen and oxygen atoms in total. The fourth-order valence-electron chi connectivity index (χ4n) is 2.99. The summed E-state index contributed by atoms with van der Waals surface area (Å²) in [5, 5.41) is 15.0. The third-order valence-corrected chi connectivity index (χ3v) is 4.35. The third kappa shape index (κ3) is 8.09. The molecule has 0 saturated carbocycles. The van der Waals surface area contributed by atoms with Gasteiger partial charge >= 0.3 is 6.09 Å². The molecule has 0 aliphatic rings. The molecular formula is C22H34N4O6. The highest BCUT2D eigenvalue weighted by atomic mass is 16.6. The summed E-state index contributed by atoms with van der Waals surface area (Å²) in [7, 11) is 1.39. The van der Waals surface area contributed by atoms with Crippen molar-refractivity contribution in [1.29, 1.82) is 0 Å². The number of hydrogen-bond acceptors (Lipinski definition) is 6. The Morgan fingerprint density at radius 3 is 2.22 bits per heavy atom. The number of likely N-dealkylation sites (N-methyl/N-ethyl adjacent to an activating group) is 1. The number of nitrogens with two attached hydrogens (primary N) is 1. The van der Waals surface area contributed by atoms with Crippen molar-refractivity contribution < 1.29 is 29.0 Å². The van der Waals surface area contributed by atoms with Gasteiger partial charge in [0.2, 0.25) is 17.7 Å². The summed E-state index contributed by atoms with van der Waals surface area (Å²) < 4.78 is 5.17. The summed E-state index contributed by atoms with van der Waals surface area (Å²) in [5.74, 6) is -1.93. The minimum absolute atomic E-state index is 0.0453. The Hall–Kier alpha value is -3.30. The van der Waals surface area contributed by atoms with E-state index in [-0.39, 0.29) is 11.8 Å². The van der Waals surface area contributed by atoms with Crippen LogP contribution in [0, 0.1) is 6.92 Å². The molecule has 0 aliphatic carbocycles. The van der Waals surface area contributed by atoms with Crippen molar-refractivity contribution in [3.63, 3.8) is 0 Å². The maximum absolute atomic E-state index is 13.3. The van der Waals surface area contributed by atoms with Crippen molar-refractivity contribution >= 4 is 23.8 Å². The second kappa shape index (κ2) is 10.8. The number of primary amides is 1. The van der Waals surface area contributed by atoms with Crippen molar-refractivity contribution in [3.8, 4) is 5.75 Å². The van der Waals surface area contributed by atoms with Gasteiger partial charge in [-0.15, -0.1) is 0 Å². The van der Waals surface area contributed by atoms with E-state index in [1.54, 1.807) is 47.6 Å². The summed E-state index contributed by atoms with van der Waals surface area (Å²) in [4.78, 5) is 51.1. The highest BCUT2D eigenvalue weighted by Gasteiger charge is 2.35. The molecule has 0 aliphatic heterocycles. The Morgan fingerprint density at radius 1 is 1.16 bits per heavy atom. The van der Waals surface area contributed by atoms with Crippen LogP contribution in [0.5, 0.6) is 5.75 Å². The Balaban J connectivity index is 3.30. The molecule has 0 aromatic heterocycles. The Morgan fingerprint density at radius 2 is 1.75 bits per heavy atom. The first-order chi connectivity index (χ1) is 14.6. The summed E-state index contributed by atoms with van der Waals surface area (Å²) in [5.41, 5.74) is 5.42. The normalized spacial score (nSPS) is 13.1. The van der Waals surface area contributed by atoms with Gasteiger partial charge in [-0.05, 0) is 64.8 Å². The third-order valence-electron chi connectivity index (χ3n) is 4.35. The van der Waals surface area contributed by atoms with Gasteiger partial charge in [0, 0.05) is 13.1 Å². The smallest absolute Gasteiger partial charge is 0.408 e. The minimum Gasteiger partial charge on any atom is -0.508 e. The number of phenols is 1. The second-order valence-electron chi connectivity index (χ2n) is 8.93. The quantitative estimate of drug-likeness (QED) is 0.471. The van der Waals surface area contributed by atoms with Crippen molar-refractivity contribution in [2.45, 2.75) is 71.7 Å². The molecule has 1 aromatic rings. The summed E-state index contributed by atoms with van der Waals surface area (Å²) in [6, 6.07) is 1.93. The lowest BCUT2D eigenvalue weighted by molar-refractivity contribution is -0.141. The zero-order chi connectivity index (χ0) is 24.8. The van der Waals surface area contributed by atoms with Gasteiger partial charge in [0.15, 0.2) is 0 Å². The molecule has 10 heteroatoms. The van der Waals surface area contributed by atoms with Gasteiger partial charge in [-0.1, -0.05) is 6.07 Å². The van der Waals surface area contributed by atoms with Crippen LogP contribution in [0.25, 0.3) is 0 Å². The fourth-order valence-corrected chi connectivity index (χ4v) is 2.99. The van der Waals surface area contributed by atoms with Crippen LogP contribution in [-0.4, -0.2) is 58.6 Å². The topological polar surface area (TPSA) is 151 Å². The van der Waals surface area contributed by atoms with Crippen molar-refractivity contribution in [3.05, 3.63) is 29.3 Å². The van der Waals surface area contributed by atoms with Crippen LogP contribution in [-0.2, 0) is 19.1 Å². The monoisotopic (exact) mass is 450 g/mol. The van der Waals surface area contributed by atoms with E-state index in [1.165, 1.54) is 19.2 Å². The Labute approximate surface area is 188 Å². The molecule has 178 valence electrons. The van der Waals surface area contributed by atoms with Crippen LogP contribution in [0.4, 0.5) is 4.79 Å². The van der Waals surface area contributed by atoms with Crippen LogP contribution in [0.1, 0.15) is 58.2 Å². The maximum atomic E-state index is 13.3. The molecule has 1 rings (SSSR count). The summed E-state index contributed by atoms with van der Waals surface area (Å²) in [6.07, 6.45) is -1.37. The van der Waals surface area contributed by atoms with Gasteiger partial charge in [0.25, 0.3) is 0 Å². The molecule has 0 saturated heterocycles. The zero-order valence-electron chi connectivity index (χ0n) is 19.7. The lowest BCUT2D eigenvalue weighted by atomic mass is 10.00. The molecular weight excluding hydrogens is 416 g/mol. The molecule has 0 heterocycles. The van der Waals surface area contributed by atoms with Crippen LogP contribution >= 0.6 is 0 Å². The number of benzene rings is 1. The van der Waals surface area contributed by atoms with E-state index in [0.717, 1.165) is 4.90 Å². The van der Waals surface area contributed by atoms with Gasteiger partial charge in [-0.3, -0.25) is 14.4 Å². The van der Waals surface area contributed by atoms with Gasteiger partial charge in [-0.25, -0.2) is 4.79 Å². The van der Waals surface area contributed by atoms with E-state index in [1.807, 2.05) is 0 Å². The minimum atomic E-state index is -1.33. The van der Waals surface area contributed by atoms with E-state index in [9.17, 15) is 24.3 Å². The first-order valence-corrected chi connectivity index (χ1v) is 10.3. The van der Waals surface area contributed by atoms with Crippen LogP contribution in [0.15, 0.2) is 18.2 Å². The molecule has 5 N–H and O–H groups in total. The lowest BCUT2D eigenvalue weighted by Gasteiger charge is -2.32. The van der Waals surface area contributed by atoms with Crippen molar-refractivity contribution in [2.75, 3.05) is 7.05 Å². The predicted molar refractivity (Wildman–Crippen MR) is 119 cm³/mol. The fraction of sp³-hybridized carbons (Fsp3) is 0.545. The average molecular weight is 451 g/mol. The number of amides is 4. The van der Waals surface area contributed by atoms with Crippen LogP contribution in [0.2, 0.25) is 0 Å². The molecule has 0 spiro atoms. The molecule has 2 atom stereocenters. The number of alkyl carbamates (subject to hydrolysis) is 1. The molecule has 2 unspecified atom stereocenters. The molecule has 0 radical (unpaired) electrons. The Bertz CT molecular complexity index is 862. The second-order valence-corrected chi connectivity index (χ2v) is 8.93. The van der Waals surface area contributed by atoms with E-state index in [0.29, 0.717) is 11.1 Å². The number of nitrogens with zero attached hydrogens (tertiary/aromatic N) is 1. The first kappa shape index (κ1) is 26.7. The van der Waals surface area contributed by atoms with Gasteiger partial charge in [0.05, 0.1) is 6.42 Å². The molecule has 0 fully saturated rings. The first-order valence-electron chi connectivity index (χ1n) is 10.3. The maximum Gasteiger partial charge on any atom is 0.408 e. The lowest BCUT2D eigenvalue weighted by Crippen LogP contribution is -2.53. The number of carbonyl (C=O) groups excluding carboxylic acids is 4. The highest BCUT2D eigenvalue weighted by Crippen LogP contribution is 2.26. The van der Waals surface area contributed by atoms with Crippen molar-refractivity contribution in [1.82, 2.24) is 15.5 Å². The SMILES string of the molecule is Cc1cc(C(C(=O)NC(C)C)N(C)C(=O)C(CC(N)=O)NC(=O)OC(C)(C)C)ccc1O. The number of phenolic OH excluding ortho intramolecular Hbond substituents is 1. The van der Waals surface area contributed by atoms with Gasteiger partial charge in [0.1, 0.15) is 23.4 Å². The summed E-state index contributed by atoms with van der Waals surface area (Å²) in [6.45, 7) is 10.2. The van der Waals surface area contributed by atoms with E-state index < -0.39 is 47.9 Å². The molecule has 4 amide bonds. The highest BCUT2D eigenvalue weighted by molar-refractivity contribution is 5.94. The van der Waals surface area contributed by atoms with E-state index >= 15 is 0 Å².